The standard InChI is InChI=1S/C13H11BrOS/c14-13-9-7-11(16-13)6-8-12(15)10-4-2-1-3-5-10/h1-5,7,9H,6,8H2. The molecule has 0 saturated heterocycles. The molecule has 0 aliphatic heterocycles. The number of carbonyl (C=O) groups is 1. The Labute approximate surface area is 107 Å². The Morgan fingerprint density at radius 1 is 1.12 bits per heavy atom. The molecule has 0 radical (unpaired) electrons. The van der Waals surface area contributed by atoms with Crippen LogP contribution in [0.3, 0.4) is 0 Å². The van der Waals surface area contributed by atoms with E-state index in [0.717, 1.165) is 15.8 Å². The van der Waals surface area contributed by atoms with Crippen LogP contribution >= 0.6 is 27.3 Å². The van der Waals surface area contributed by atoms with Crippen LogP contribution in [0.2, 0.25) is 0 Å². The van der Waals surface area contributed by atoms with Gasteiger partial charge in [-0.3, -0.25) is 4.79 Å². The van der Waals surface area contributed by atoms with Gasteiger partial charge in [0.25, 0.3) is 0 Å². The van der Waals surface area contributed by atoms with E-state index < -0.39 is 0 Å². The fraction of sp³-hybridized carbons (Fsp3) is 0.154. The maximum absolute atomic E-state index is 11.8. The van der Waals surface area contributed by atoms with Gasteiger partial charge in [0.15, 0.2) is 5.78 Å². The summed E-state index contributed by atoms with van der Waals surface area (Å²) in [5.41, 5.74) is 0.804. The summed E-state index contributed by atoms with van der Waals surface area (Å²) in [5, 5.41) is 0. The number of thiophene rings is 1. The van der Waals surface area contributed by atoms with Crippen molar-refractivity contribution in [2.45, 2.75) is 12.8 Å². The van der Waals surface area contributed by atoms with Crippen molar-refractivity contribution in [3.63, 3.8) is 0 Å². The lowest BCUT2D eigenvalue weighted by molar-refractivity contribution is 0.0983. The fourth-order valence-corrected chi connectivity index (χ4v) is 2.97. The van der Waals surface area contributed by atoms with Crippen LogP contribution in [-0.2, 0) is 6.42 Å². The lowest BCUT2D eigenvalue weighted by atomic mass is 10.1. The molecule has 82 valence electrons. The van der Waals surface area contributed by atoms with Gasteiger partial charge in [-0.25, -0.2) is 0 Å². The highest BCUT2D eigenvalue weighted by atomic mass is 79.9. The summed E-state index contributed by atoms with van der Waals surface area (Å²) in [6.07, 6.45) is 1.40. The third-order valence-corrected chi connectivity index (χ3v) is 4.01. The first-order valence-electron chi connectivity index (χ1n) is 5.08. The number of hydrogen-bond acceptors (Lipinski definition) is 2. The Morgan fingerprint density at radius 2 is 1.88 bits per heavy atom. The van der Waals surface area contributed by atoms with Crippen LogP contribution in [-0.4, -0.2) is 5.78 Å². The van der Waals surface area contributed by atoms with E-state index in [1.807, 2.05) is 36.4 Å². The van der Waals surface area contributed by atoms with Gasteiger partial charge in [-0.15, -0.1) is 11.3 Å². The molecule has 2 aromatic rings. The first-order chi connectivity index (χ1) is 7.75. The zero-order chi connectivity index (χ0) is 11.4. The number of hydrogen-bond donors (Lipinski definition) is 0. The molecule has 0 bridgehead atoms. The number of aryl methyl sites for hydroxylation is 1. The van der Waals surface area contributed by atoms with Crippen LogP contribution in [0.15, 0.2) is 46.3 Å². The minimum atomic E-state index is 0.213. The molecular formula is C13H11BrOS. The fourth-order valence-electron chi connectivity index (χ4n) is 1.49. The van der Waals surface area contributed by atoms with E-state index in [9.17, 15) is 4.79 Å². The van der Waals surface area contributed by atoms with Crippen LogP contribution in [0.4, 0.5) is 0 Å². The maximum Gasteiger partial charge on any atom is 0.163 e. The highest BCUT2D eigenvalue weighted by Crippen LogP contribution is 2.23. The summed E-state index contributed by atoms with van der Waals surface area (Å²) in [6.45, 7) is 0. The van der Waals surface area contributed by atoms with Gasteiger partial charge in [0.1, 0.15) is 0 Å². The molecule has 0 aliphatic rings. The van der Waals surface area contributed by atoms with Gasteiger partial charge < -0.3 is 0 Å². The molecule has 0 atom stereocenters. The molecule has 3 heteroatoms. The first-order valence-corrected chi connectivity index (χ1v) is 6.69. The number of ketones is 1. The van der Waals surface area contributed by atoms with E-state index in [1.165, 1.54) is 4.88 Å². The Morgan fingerprint density at radius 3 is 2.50 bits per heavy atom. The average molecular weight is 295 g/mol. The van der Waals surface area contributed by atoms with Crippen molar-refractivity contribution in [2.75, 3.05) is 0 Å². The maximum atomic E-state index is 11.8. The zero-order valence-electron chi connectivity index (χ0n) is 8.65. The van der Waals surface area contributed by atoms with E-state index in [4.69, 9.17) is 0 Å². The summed E-state index contributed by atoms with van der Waals surface area (Å²) in [7, 11) is 0. The molecule has 0 spiro atoms. The number of benzene rings is 1. The Kier molecular flexibility index (Phi) is 3.91. The molecule has 1 heterocycles. The van der Waals surface area contributed by atoms with Crippen molar-refractivity contribution < 1.29 is 4.79 Å². The molecule has 0 unspecified atom stereocenters. The topological polar surface area (TPSA) is 17.1 Å². The number of halogens is 1. The summed E-state index contributed by atoms with van der Waals surface area (Å²) in [5.74, 6) is 0.213. The smallest absolute Gasteiger partial charge is 0.163 e. The SMILES string of the molecule is O=C(CCc1ccc(Br)s1)c1ccccc1. The Hall–Kier alpha value is -0.930. The van der Waals surface area contributed by atoms with Crippen molar-refractivity contribution in [1.29, 1.82) is 0 Å². The third kappa shape index (κ3) is 3.03. The van der Waals surface area contributed by atoms with Crippen molar-refractivity contribution in [3.8, 4) is 0 Å². The lowest BCUT2D eigenvalue weighted by Gasteiger charge is -1.99. The summed E-state index contributed by atoms with van der Waals surface area (Å²) in [6, 6.07) is 13.5. The average Bonchev–Trinajstić information content (AvgIpc) is 2.73. The second-order valence-electron chi connectivity index (χ2n) is 3.50. The van der Waals surface area contributed by atoms with Crippen molar-refractivity contribution in [3.05, 3.63) is 56.7 Å². The van der Waals surface area contributed by atoms with E-state index in [-0.39, 0.29) is 5.78 Å². The Bertz CT molecular complexity index is 476. The highest BCUT2D eigenvalue weighted by molar-refractivity contribution is 9.11. The molecule has 0 N–H and O–H groups in total. The van der Waals surface area contributed by atoms with Crippen LogP contribution < -0.4 is 0 Å². The van der Waals surface area contributed by atoms with Gasteiger partial charge in [-0.2, -0.15) is 0 Å². The van der Waals surface area contributed by atoms with E-state index >= 15 is 0 Å². The minimum Gasteiger partial charge on any atom is -0.294 e. The van der Waals surface area contributed by atoms with E-state index in [2.05, 4.69) is 22.0 Å². The summed E-state index contributed by atoms with van der Waals surface area (Å²) in [4.78, 5) is 13.1. The molecule has 0 fully saturated rings. The quantitative estimate of drug-likeness (QED) is 0.767. The van der Waals surface area contributed by atoms with Gasteiger partial charge in [0.05, 0.1) is 3.79 Å². The largest absolute Gasteiger partial charge is 0.294 e. The summed E-state index contributed by atoms with van der Waals surface area (Å²) < 4.78 is 1.12. The van der Waals surface area contributed by atoms with Gasteiger partial charge in [0.2, 0.25) is 0 Å². The molecule has 1 nitrogen and oxygen atoms in total. The van der Waals surface area contributed by atoms with Crippen molar-refractivity contribution in [1.82, 2.24) is 0 Å². The number of rotatable bonds is 4. The molecule has 16 heavy (non-hydrogen) atoms. The molecule has 1 aromatic heterocycles. The van der Waals surface area contributed by atoms with Gasteiger partial charge in [-0.1, -0.05) is 30.3 Å². The normalized spacial score (nSPS) is 10.3. The predicted molar refractivity (Wildman–Crippen MR) is 71.1 cm³/mol. The van der Waals surface area contributed by atoms with Gasteiger partial charge in [-0.05, 0) is 34.5 Å². The monoisotopic (exact) mass is 294 g/mol. The molecule has 0 saturated carbocycles. The molecule has 0 amide bonds. The lowest BCUT2D eigenvalue weighted by Crippen LogP contribution is -1.99. The molecular weight excluding hydrogens is 284 g/mol. The molecule has 2 rings (SSSR count). The second kappa shape index (κ2) is 5.41. The number of carbonyl (C=O) groups excluding carboxylic acids is 1. The zero-order valence-corrected chi connectivity index (χ0v) is 11.1. The second-order valence-corrected chi connectivity index (χ2v) is 6.04. The molecule has 0 aliphatic carbocycles. The highest BCUT2D eigenvalue weighted by Gasteiger charge is 2.06. The van der Waals surface area contributed by atoms with Crippen molar-refractivity contribution >= 4 is 33.0 Å². The first kappa shape index (κ1) is 11.6. The third-order valence-electron chi connectivity index (χ3n) is 2.32. The van der Waals surface area contributed by atoms with Crippen LogP contribution in [0.25, 0.3) is 0 Å². The summed E-state index contributed by atoms with van der Waals surface area (Å²) >= 11 is 5.11. The van der Waals surface area contributed by atoms with Gasteiger partial charge >= 0.3 is 0 Å². The number of Topliss-reactive ketones (excluding diaryl/α,β-unsaturated/α-hetero) is 1. The van der Waals surface area contributed by atoms with E-state index in [1.54, 1.807) is 11.3 Å². The molecule has 1 aromatic carbocycles. The minimum absolute atomic E-state index is 0.213. The van der Waals surface area contributed by atoms with Crippen molar-refractivity contribution in [2.24, 2.45) is 0 Å². The van der Waals surface area contributed by atoms with Crippen LogP contribution in [0, 0.1) is 0 Å². The van der Waals surface area contributed by atoms with Crippen LogP contribution in [0.5, 0.6) is 0 Å². The Balaban J connectivity index is 1.94. The van der Waals surface area contributed by atoms with Crippen LogP contribution in [0.1, 0.15) is 21.7 Å². The van der Waals surface area contributed by atoms with Gasteiger partial charge in [0, 0.05) is 16.9 Å². The predicted octanol–water partition coefficient (Wildman–Crippen LogP) is 4.33. The van der Waals surface area contributed by atoms with E-state index in [0.29, 0.717) is 6.42 Å².